The van der Waals surface area contributed by atoms with Crippen molar-refractivity contribution in [2.24, 2.45) is 0 Å². The minimum atomic E-state index is 0.346. The normalized spacial score (nSPS) is 12.0. The van der Waals surface area contributed by atoms with Crippen LogP contribution < -0.4 is 0 Å². The van der Waals surface area contributed by atoms with Crippen LogP contribution in [-0.4, -0.2) is 0.760 Å². The van der Waals surface area contributed by atoms with Gasteiger partial charge >= 0.3 is 0 Å². The first-order valence-corrected chi connectivity index (χ1v) is 9.75. The van der Waals surface area contributed by atoms with E-state index in [2.05, 4.69) is 73.3 Å². The molecule has 0 aliphatic carbocycles. The summed E-state index contributed by atoms with van der Waals surface area (Å²) < 4.78 is 0.346. The van der Waals surface area contributed by atoms with Gasteiger partial charge in [-0.1, -0.05) is 56.0 Å². The van der Waals surface area contributed by atoms with Crippen molar-refractivity contribution < 1.29 is 0 Å². The first-order valence-electron chi connectivity index (χ1n) is 1.57. The molecular formula is C2H3I3S3. The van der Waals surface area contributed by atoms with Crippen molar-refractivity contribution in [1.82, 2.24) is 0 Å². The molecule has 0 rings (SSSR count). The second-order valence-electron chi connectivity index (χ2n) is 1.02. The van der Waals surface area contributed by atoms with Crippen molar-refractivity contribution in [2.75, 3.05) is 0 Å². The Morgan fingerprint density at radius 1 is 1.38 bits per heavy atom. The Balaban J connectivity index is 3.11. The molecule has 0 aliphatic heterocycles. The van der Waals surface area contributed by atoms with Crippen molar-refractivity contribution in [3.63, 3.8) is 0 Å². The quantitative estimate of drug-likeness (QED) is 0.305. The van der Waals surface area contributed by atoms with Crippen LogP contribution in [0.5, 0.6) is 0 Å². The topological polar surface area (TPSA) is 0 Å². The molecule has 0 radical (unpaired) electrons. The Labute approximate surface area is 101 Å². The van der Waals surface area contributed by atoms with E-state index in [-0.39, 0.29) is 0 Å². The number of rotatable bonds is 3. The number of halogens is 3. The summed E-state index contributed by atoms with van der Waals surface area (Å²) in [5.41, 5.74) is 0. The Hall–Kier alpha value is 3.24. The Morgan fingerprint density at radius 3 is 2.00 bits per heavy atom. The minimum Gasteiger partial charge on any atom is -0.0544 e. The minimum absolute atomic E-state index is 0.346. The molecule has 8 heavy (non-hydrogen) atoms. The lowest BCUT2D eigenvalue weighted by atomic mass is 11.0. The van der Waals surface area contributed by atoms with Crippen LogP contribution in [0.2, 0.25) is 0 Å². The molecule has 0 bridgehead atoms. The predicted octanol–water partition coefficient (Wildman–Crippen LogP) is 4.91. The van der Waals surface area contributed by atoms with E-state index in [9.17, 15) is 0 Å². The fourth-order valence-electron chi connectivity index (χ4n) is 0.0726. The fourth-order valence-corrected chi connectivity index (χ4v) is 7.91. The highest BCUT2D eigenvalue weighted by molar-refractivity contribution is 14.2. The lowest BCUT2D eigenvalue weighted by Gasteiger charge is -2.09. The molecule has 0 heterocycles. The van der Waals surface area contributed by atoms with E-state index in [0.29, 0.717) is 0.760 Å². The van der Waals surface area contributed by atoms with E-state index in [1.165, 1.54) is 0 Å². The van der Waals surface area contributed by atoms with Gasteiger partial charge < -0.3 is 0 Å². The number of hydrogen-bond donors (Lipinski definition) is 0. The van der Waals surface area contributed by atoms with Crippen molar-refractivity contribution >= 4 is 95.0 Å². The summed E-state index contributed by atoms with van der Waals surface area (Å²) in [6.07, 6.45) is 0. The average Bonchev–Trinajstić information content (AvgIpc) is 1.59. The third-order valence-electron chi connectivity index (χ3n) is 0.206. The third-order valence-corrected chi connectivity index (χ3v) is 10.1. The van der Waals surface area contributed by atoms with Gasteiger partial charge in [0.05, 0.1) is 0 Å². The first kappa shape index (κ1) is 11.2. The van der Waals surface area contributed by atoms with Gasteiger partial charge in [0.15, 0.2) is 0 Å². The zero-order valence-electron chi connectivity index (χ0n) is 3.86. The first-order chi connectivity index (χ1) is 3.56. The number of hydrogen-bond acceptors (Lipinski definition) is 3. The van der Waals surface area contributed by atoms with Crippen molar-refractivity contribution in [3.05, 3.63) is 0 Å². The maximum absolute atomic E-state index is 2.41. The van der Waals surface area contributed by atoms with Crippen LogP contribution in [0.4, 0.5) is 0 Å². The fraction of sp³-hybridized carbons (Fsp3) is 1.00. The van der Waals surface area contributed by atoms with Gasteiger partial charge in [-0.25, -0.2) is 0 Å². The van der Waals surface area contributed by atoms with Gasteiger partial charge in [-0.3, -0.25) is 0 Å². The van der Waals surface area contributed by atoms with E-state index in [1.54, 1.807) is 7.97 Å². The molecule has 0 saturated carbocycles. The van der Waals surface area contributed by atoms with Crippen molar-refractivity contribution in [3.8, 4) is 0 Å². The van der Waals surface area contributed by atoms with Gasteiger partial charge in [0, 0.05) is 21.2 Å². The molecular weight excluding hydrogens is 501 g/mol. The molecule has 0 aliphatic rings. The van der Waals surface area contributed by atoms with Crippen LogP contribution in [0, 0.1) is 0 Å². The molecule has 0 aromatic rings. The lowest BCUT2D eigenvalue weighted by Crippen LogP contribution is -1.90. The van der Waals surface area contributed by atoms with Gasteiger partial charge in [-0.2, -0.15) is 0 Å². The summed E-state index contributed by atoms with van der Waals surface area (Å²) in [5.74, 6) is 0. The van der Waals surface area contributed by atoms with Crippen molar-refractivity contribution in [1.29, 1.82) is 0 Å². The highest BCUT2D eigenvalue weighted by atomic mass is 127. The molecule has 0 nitrogen and oxygen atoms in total. The molecule has 0 saturated heterocycles. The zero-order valence-corrected chi connectivity index (χ0v) is 12.8. The molecule has 0 unspecified atom stereocenters. The molecule has 0 spiro atoms. The smallest absolute Gasteiger partial charge is 0.0544 e. The van der Waals surface area contributed by atoms with Crippen LogP contribution in [0.15, 0.2) is 0 Å². The summed E-state index contributed by atoms with van der Waals surface area (Å²) in [5, 5.41) is 0. The zero-order chi connectivity index (χ0) is 6.62. The SMILES string of the molecule is CC(I)(I)SSSI. The lowest BCUT2D eigenvalue weighted by molar-refractivity contribution is 1.45. The van der Waals surface area contributed by atoms with Crippen LogP contribution >= 0.6 is 95.0 Å². The van der Waals surface area contributed by atoms with Crippen LogP contribution in [0.3, 0.4) is 0 Å². The summed E-state index contributed by atoms with van der Waals surface area (Å²) in [7, 11) is 5.47. The maximum Gasteiger partial charge on any atom is 0.126 e. The largest absolute Gasteiger partial charge is 0.126 e. The Kier molecular flexibility index (Phi) is 8.20. The molecule has 0 N–H and O–H groups in total. The van der Waals surface area contributed by atoms with Gasteiger partial charge in [-0.05, 0) is 24.7 Å². The highest BCUT2D eigenvalue weighted by Crippen LogP contribution is 2.52. The Morgan fingerprint density at radius 2 is 1.88 bits per heavy atom. The van der Waals surface area contributed by atoms with Crippen molar-refractivity contribution in [2.45, 2.75) is 7.68 Å². The van der Waals surface area contributed by atoms with E-state index < -0.39 is 0 Å². The second kappa shape index (κ2) is 5.84. The van der Waals surface area contributed by atoms with E-state index in [4.69, 9.17) is 0 Å². The Bertz CT molecular complexity index is 60.0. The predicted molar refractivity (Wildman–Crippen MR) is 73.2 cm³/mol. The summed E-state index contributed by atoms with van der Waals surface area (Å²) in [6.45, 7) is 2.19. The monoisotopic (exact) mass is 504 g/mol. The summed E-state index contributed by atoms with van der Waals surface area (Å²) in [4.78, 5) is 0. The molecule has 0 aromatic carbocycles. The van der Waals surface area contributed by atoms with Gasteiger partial charge in [0.25, 0.3) is 0 Å². The molecule has 0 aromatic heterocycles. The molecule has 50 valence electrons. The average molecular weight is 504 g/mol. The van der Waals surface area contributed by atoms with Gasteiger partial charge in [0.2, 0.25) is 0 Å². The highest BCUT2D eigenvalue weighted by Gasteiger charge is 2.14. The molecule has 6 heteroatoms. The molecule has 0 amide bonds. The molecule has 0 fully saturated rings. The van der Waals surface area contributed by atoms with Gasteiger partial charge in [-0.15, -0.1) is 0 Å². The van der Waals surface area contributed by atoms with Crippen LogP contribution in [0.25, 0.3) is 0 Å². The number of alkyl halides is 2. The molecule has 0 atom stereocenters. The van der Waals surface area contributed by atoms with Crippen LogP contribution in [-0.2, 0) is 0 Å². The third kappa shape index (κ3) is 9.24. The van der Waals surface area contributed by atoms with E-state index in [0.717, 1.165) is 0 Å². The summed E-state index contributed by atoms with van der Waals surface area (Å²) in [6, 6.07) is 0. The van der Waals surface area contributed by atoms with Gasteiger partial charge in [0.1, 0.15) is 0.760 Å². The maximum atomic E-state index is 2.41. The van der Waals surface area contributed by atoms with Crippen LogP contribution in [0.1, 0.15) is 6.92 Å². The summed E-state index contributed by atoms with van der Waals surface area (Å²) >= 11 is 7.10. The standard InChI is InChI=1S/C2H3I3S3/c1-2(3,4)6-8-7-5/h1H3. The van der Waals surface area contributed by atoms with E-state index in [1.807, 2.05) is 20.6 Å². The van der Waals surface area contributed by atoms with E-state index >= 15 is 0 Å². The second-order valence-corrected chi connectivity index (χ2v) is 15.9.